The van der Waals surface area contributed by atoms with Gasteiger partial charge in [0.2, 0.25) is 0 Å². The SMILES string of the molecule is COc1cccc(-c2cccc(CNc3ccc([C@@H]4CCc5nncn5C4)cc3)c2)c1. The molecule has 0 unspecified atom stereocenters. The highest BCUT2D eigenvalue weighted by Crippen LogP contribution is 2.29. The zero-order valence-corrected chi connectivity index (χ0v) is 17.7. The highest BCUT2D eigenvalue weighted by Gasteiger charge is 2.20. The van der Waals surface area contributed by atoms with Crippen LogP contribution in [0.5, 0.6) is 5.75 Å². The van der Waals surface area contributed by atoms with E-state index in [0.29, 0.717) is 5.92 Å². The lowest BCUT2D eigenvalue weighted by Crippen LogP contribution is -2.18. The maximum atomic E-state index is 5.36. The normalized spacial score (nSPS) is 15.3. The van der Waals surface area contributed by atoms with Crippen molar-refractivity contribution in [3.63, 3.8) is 0 Å². The Morgan fingerprint density at radius 1 is 1.00 bits per heavy atom. The number of methoxy groups -OCH3 is 1. The fraction of sp³-hybridized carbons (Fsp3) is 0.231. The van der Waals surface area contributed by atoms with Crippen LogP contribution in [0.25, 0.3) is 11.1 Å². The molecule has 0 saturated heterocycles. The molecule has 31 heavy (non-hydrogen) atoms. The molecule has 1 aliphatic heterocycles. The van der Waals surface area contributed by atoms with Crippen LogP contribution in [0.2, 0.25) is 0 Å². The number of aryl methyl sites for hydroxylation is 1. The van der Waals surface area contributed by atoms with E-state index in [9.17, 15) is 0 Å². The van der Waals surface area contributed by atoms with Crippen LogP contribution in [0.15, 0.2) is 79.1 Å². The van der Waals surface area contributed by atoms with Gasteiger partial charge in [-0.05, 0) is 59.0 Å². The molecule has 2 heterocycles. The van der Waals surface area contributed by atoms with Crippen molar-refractivity contribution in [2.45, 2.75) is 31.8 Å². The number of benzene rings is 3. The van der Waals surface area contributed by atoms with Gasteiger partial charge in [0.15, 0.2) is 0 Å². The van der Waals surface area contributed by atoms with Crippen LogP contribution >= 0.6 is 0 Å². The molecule has 0 saturated carbocycles. The molecule has 1 atom stereocenters. The van der Waals surface area contributed by atoms with Gasteiger partial charge in [0.25, 0.3) is 0 Å². The number of rotatable bonds is 6. The van der Waals surface area contributed by atoms with Crippen molar-refractivity contribution in [1.29, 1.82) is 0 Å². The van der Waals surface area contributed by atoms with Gasteiger partial charge in [0, 0.05) is 31.1 Å². The molecule has 0 fully saturated rings. The molecule has 5 heteroatoms. The second kappa shape index (κ2) is 8.64. The van der Waals surface area contributed by atoms with Crippen molar-refractivity contribution in [2.75, 3.05) is 12.4 Å². The summed E-state index contributed by atoms with van der Waals surface area (Å²) in [6.45, 7) is 1.75. The zero-order valence-electron chi connectivity index (χ0n) is 17.7. The number of aromatic nitrogens is 3. The van der Waals surface area contributed by atoms with E-state index < -0.39 is 0 Å². The number of fused-ring (bicyclic) bond motifs is 1. The predicted molar refractivity (Wildman–Crippen MR) is 123 cm³/mol. The Hall–Kier alpha value is -3.60. The van der Waals surface area contributed by atoms with Crippen molar-refractivity contribution >= 4 is 5.69 Å². The molecule has 0 aliphatic carbocycles. The first-order valence-electron chi connectivity index (χ1n) is 10.7. The summed E-state index contributed by atoms with van der Waals surface area (Å²) in [7, 11) is 1.70. The Balaban J connectivity index is 1.23. The van der Waals surface area contributed by atoms with Crippen molar-refractivity contribution in [3.8, 4) is 16.9 Å². The molecule has 5 rings (SSSR count). The Labute approximate surface area is 182 Å². The van der Waals surface area contributed by atoms with Gasteiger partial charge in [-0.2, -0.15) is 0 Å². The van der Waals surface area contributed by atoms with Gasteiger partial charge in [-0.25, -0.2) is 0 Å². The van der Waals surface area contributed by atoms with E-state index >= 15 is 0 Å². The number of ether oxygens (including phenoxy) is 1. The molecule has 1 N–H and O–H groups in total. The van der Waals surface area contributed by atoms with E-state index in [1.54, 1.807) is 7.11 Å². The summed E-state index contributed by atoms with van der Waals surface area (Å²) in [5.41, 5.74) is 6.12. The third-order valence-corrected chi connectivity index (χ3v) is 6.04. The highest BCUT2D eigenvalue weighted by molar-refractivity contribution is 5.66. The van der Waals surface area contributed by atoms with E-state index in [4.69, 9.17) is 4.74 Å². The standard InChI is InChI=1S/C26H26N4O/c1-31-25-7-3-6-22(15-25)21-5-2-4-19(14-21)16-27-24-11-8-20(9-12-24)23-10-13-26-29-28-18-30(26)17-23/h2-9,11-12,14-15,18,23,27H,10,13,16-17H2,1H3/t23-/m1/s1. The molecule has 0 bridgehead atoms. The minimum Gasteiger partial charge on any atom is -0.497 e. The smallest absolute Gasteiger partial charge is 0.132 e. The molecule has 0 radical (unpaired) electrons. The lowest BCUT2D eigenvalue weighted by molar-refractivity contribution is 0.415. The lowest BCUT2D eigenvalue weighted by Gasteiger charge is -2.23. The summed E-state index contributed by atoms with van der Waals surface area (Å²) < 4.78 is 7.53. The molecule has 5 nitrogen and oxygen atoms in total. The number of hydrogen-bond donors (Lipinski definition) is 1. The molecular weight excluding hydrogens is 384 g/mol. The van der Waals surface area contributed by atoms with Crippen LogP contribution in [0, 0.1) is 0 Å². The molecular formula is C26H26N4O. The quantitative estimate of drug-likeness (QED) is 0.469. The average Bonchev–Trinajstić information content (AvgIpc) is 3.31. The first-order chi connectivity index (χ1) is 15.3. The summed E-state index contributed by atoms with van der Waals surface area (Å²) in [6.07, 6.45) is 3.97. The Kier molecular flexibility index (Phi) is 5.40. The topological polar surface area (TPSA) is 52.0 Å². The fourth-order valence-corrected chi connectivity index (χ4v) is 4.27. The summed E-state index contributed by atoms with van der Waals surface area (Å²) in [6, 6.07) is 25.7. The van der Waals surface area contributed by atoms with E-state index in [0.717, 1.165) is 48.8 Å². The first-order valence-corrected chi connectivity index (χ1v) is 10.7. The fourth-order valence-electron chi connectivity index (χ4n) is 4.27. The van der Waals surface area contributed by atoms with Gasteiger partial charge in [-0.3, -0.25) is 0 Å². The van der Waals surface area contributed by atoms with E-state index in [2.05, 4.69) is 80.7 Å². The summed E-state index contributed by atoms with van der Waals surface area (Å²) in [5.74, 6) is 2.50. The summed E-state index contributed by atoms with van der Waals surface area (Å²) >= 11 is 0. The van der Waals surface area contributed by atoms with Crippen molar-refractivity contribution in [2.24, 2.45) is 0 Å². The van der Waals surface area contributed by atoms with Crippen molar-refractivity contribution in [1.82, 2.24) is 14.8 Å². The summed E-state index contributed by atoms with van der Waals surface area (Å²) in [5, 5.41) is 11.8. The van der Waals surface area contributed by atoms with Crippen LogP contribution in [0.4, 0.5) is 5.69 Å². The highest BCUT2D eigenvalue weighted by atomic mass is 16.5. The molecule has 4 aromatic rings. The molecule has 0 amide bonds. The van der Waals surface area contributed by atoms with E-state index in [1.165, 1.54) is 16.7 Å². The minimum absolute atomic E-state index is 0.525. The lowest BCUT2D eigenvalue weighted by atomic mass is 9.91. The van der Waals surface area contributed by atoms with Gasteiger partial charge in [0.1, 0.15) is 17.9 Å². The first kappa shape index (κ1) is 19.4. The van der Waals surface area contributed by atoms with Gasteiger partial charge >= 0.3 is 0 Å². The molecule has 1 aliphatic rings. The van der Waals surface area contributed by atoms with E-state index in [-0.39, 0.29) is 0 Å². The summed E-state index contributed by atoms with van der Waals surface area (Å²) in [4.78, 5) is 0. The van der Waals surface area contributed by atoms with Crippen molar-refractivity contribution < 1.29 is 4.74 Å². The zero-order chi connectivity index (χ0) is 21.0. The monoisotopic (exact) mass is 410 g/mol. The Morgan fingerprint density at radius 3 is 2.65 bits per heavy atom. The van der Waals surface area contributed by atoms with Crippen LogP contribution in [0.3, 0.4) is 0 Å². The molecule has 156 valence electrons. The number of nitrogens with zero attached hydrogens (tertiary/aromatic N) is 3. The second-order valence-electron chi connectivity index (χ2n) is 8.04. The van der Waals surface area contributed by atoms with Crippen molar-refractivity contribution in [3.05, 3.63) is 96.1 Å². The number of hydrogen-bond acceptors (Lipinski definition) is 4. The van der Waals surface area contributed by atoms with E-state index in [1.807, 2.05) is 18.5 Å². The van der Waals surface area contributed by atoms with Gasteiger partial charge in [-0.15, -0.1) is 10.2 Å². The van der Waals surface area contributed by atoms with Crippen LogP contribution in [-0.4, -0.2) is 21.9 Å². The maximum Gasteiger partial charge on any atom is 0.132 e. The predicted octanol–water partition coefficient (Wildman–Crippen LogP) is 5.30. The van der Waals surface area contributed by atoms with Gasteiger partial charge < -0.3 is 14.6 Å². The van der Waals surface area contributed by atoms with Crippen LogP contribution in [-0.2, 0) is 19.5 Å². The largest absolute Gasteiger partial charge is 0.497 e. The van der Waals surface area contributed by atoms with Gasteiger partial charge in [0.05, 0.1) is 7.11 Å². The third kappa shape index (κ3) is 4.31. The molecule has 3 aromatic carbocycles. The molecule has 1 aromatic heterocycles. The Bertz CT molecular complexity index is 1170. The van der Waals surface area contributed by atoms with Gasteiger partial charge in [-0.1, -0.05) is 42.5 Å². The average molecular weight is 411 g/mol. The second-order valence-corrected chi connectivity index (χ2v) is 8.04. The minimum atomic E-state index is 0.525. The van der Waals surface area contributed by atoms with Crippen LogP contribution in [0.1, 0.15) is 29.3 Å². The molecule has 0 spiro atoms. The van der Waals surface area contributed by atoms with Crippen LogP contribution < -0.4 is 10.1 Å². The number of anilines is 1. The number of nitrogens with one attached hydrogen (secondary N) is 1. The maximum absolute atomic E-state index is 5.36. The third-order valence-electron chi connectivity index (χ3n) is 6.04. The Morgan fingerprint density at radius 2 is 1.81 bits per heavy atom.